The van der Waals surface area contributed by atoms with Crippen LogP contribution in [0.25, 0.3) is 0 Å². The average molecular weight is 174 g/mol. The molecule has 11 heavy (non-hydrogen) atoms. The van der Waals surface area contributed by atoms with Gasteiger partial charge in [0.25, 0.3) is 0 Å². The third kappa shape index (κ3) is 3.78. The van der Waals surface area contributed by atoms with Crippen LogP contribution in [-0.2, 0) is 0 Å². The minimum atomic E-state index is 0.647. The van der Waals surface area contributed by atoms with E-state index in [-0.39, 0.29) is 0 Å². The minimum Gasteiger partial charge on any atom is -0.300 e. The molecule has 0 aliphatic carbocycles. The first-order chi connectivity index (χ1) is 5.43. The Hall–Kier alpha value is -0.0100. The first-order valence-electron chi connectivity index (χ1n) is 4.37. The zero-order valence-corrected chi connectivity index (χ0v) is 7.69. The average Bonchev–Trinajstić information content (AvgIpc) is 2.07. The monoisotopic (exact) mass is 173 g/mol. The fraction of sp³-hybridized carbons (Fsp3) is 0.778. The quantitative estimate of drug-likeness (QED) is 0.468. The van der Waals surface area contributed by atoms with Crippen molar-refractivity contribution in [3.8, 4) is 0 Å². The lowest BCUT2D eigenvalue weighted by Crippen LogP contribution is -2.29. The Morgan fingerprint density at radius 1 is 1.09 bits per heavy atom. The summed E-state index contributed by atoms with van der Waals surface area (Å²) in [6.45, 7) is 3.63. The molecule has 0 aromatic rings. The van der Waals surface area contributed by atoms with Gasteiger partial charge in [-0.2, -0.15) is 0 Å². The van der Waals surface area contributed by atoms with Gasteiger partial charge in [0.15, 0.2) is 0 Å². The van der Waals surface area contributed by atoms with Crippen molar-refractivity contribution >= 4 is 11.6 Å². The number of halogens is 1. The minimum absolute atomic E-state index is 0.647. The van der Waals surface area contributed by atoms with E-state index >= 15 is 0 Å². The summed E-state index contributed by atoms with van der Waals surface area (Å²) >= 11 is 5.51. The Balaban J connectivity index is 2.09. The maximum Gasteiger partial charge on any atom is 0.0404 e. The van der Waals surface area contributed by atoms with Gasteiger partial charge in [0.05, 0.1) is 0 Å². The van der Waals surface area contributed by atoms with Crippen LogP contribution in [0.1, 0.15) is 19.3 Å². The topological polar surface area (TPSA) is 3.24 Å². The van der Waals surface area contributed by atoms with Crippen molar-refractivity contribution in [3.63, 3.8) is 0 Å². The van der Waals surface area contributed by atoms with Gasteiger partial charge in [-0.05, 0) is 25.9 Å². The first-order valence-corrected chi connectivity index (χ1v) is 4.90. The molecule has 0 bridgehead atoms. The van der Waals surface area contributed by atoms with Crippen molar-refractivity contribution in [1.29, 1.82) is 0 Å². The normalized spacial score (nSPS) is 21.2. The van der Waals surface area contributed by atoms with Crippen molar-refractivity contribution in [2.24, 2.45) is 0 Å². The molecule has 1 saturated heterocycles. The molecule has 2 heteroatoms. The summed E-state index contributed by atoms with van der Waals surface area (Å²) in [5, 5.41) is 0. The largest absolute Gasteiger partial charge is 0.300 e. The third-order valence-corrected chi connectivity index (χ3v) is 2.25. The molecule has 0 atom stereocenters. The van der Waals surface area contributed by atoms with Gasteiger partial charge < -0.3 is 0 Å². The van der Waals surface area contributed by atoms with Crippen LogP contribution in [0.5, 0.6) is 0 Å². The zero-order chi connectivity index (χ0) is 7.94. The van der Waals surface area contributed by atoms with Crippen LogP contribution >= 0.6 is 11.6 Å². The van der Waals surface area contributed by atoms with Crippen molar-refractivity contribution in [3.05, 3.63) is 12.2 Å². The van der Waals surface area contributed by atoms with Crippen LogP contribution in [0.4, 0.5) is 0 Å². The van der Waals surface area contributed by atoms with Crippen molar-refractivity contribution in [1.82, 2.24) is 4.90 Å². The number of allylic oxidation sites excluding steroid dienone is 1. The molecule has 1 nitrogen and oxygen atoms in total. The molecule has 0 aromatic carbocycles. The van der Waals surface area contributed by atoms with Crippen LogP contribution in [0.15, 0.2) is 12.2 Å². The van der Waals surface area contributed by atoms with Gasteiger partial charge in [0.2, 0.25) is 0 Å². The van der Waals surface area contributed by atoms with E-state index in [0.717, 1.165) is 6.54 Å². The van der Waals surface area contributed by atoms with Crippen LogP contribution in [0.2, 0.25) is 0 Å². The number of hydrogen-bond acceptors (Lipinski definition) is 1. The lowest BCUT2D eigenvalue weighted by molar-refractivity contribution is 0.251. The summed E-state index contributed by atoms with van der Waals surface area (Å²) < 4.78 is 0. The molecule has 0 radical (unpaired) electrons. The molecule has 0 aromatic heterocycles. The molecular weight excluding hydrogens is 158 g/mol. The van der Waals surface area contributed by atoms with Crippen LogP contribution in [-0.4, -0.2) is 30.4 Å². The summed E-state index contributed by atoms with van der Waals surface area (Å²) in [6.07, 6.45) is 8.34. The van der Waals surface area contributed by atoms with E-state index in [0.29, 0.717) is 5.88 Å². The molecule has 1 fully saturated rings. The van der Waals surface area contributed by atoms with Crippen molar-refractivity contribution < 1.29 is 0 Å². The maximum absolute atomic E-state index is 5.51. The van der Waals surface area contributed by atoms with E-state index in [4.69, 9.17) is 11.6 Å². The number of nitrogens with zero attached hydrogens (tertiary/aromatic N) is 1. The second-order valence-electron chi connectivity index (χ2n) is 2.99. The van der Waals surface area contributed by atoms with Crippen LogP contribution in [0, 0.1) is 0 Å². The molecule has 1 rings (SSSR count). The Kier molecular flexibility index (Phi) is 4.64. The van der Waals surface area contributed by atoms with E-state index < -0.39 is 0 Å². The SMILES string of the molecule is ClCC=CCN1CCCCC1. The summed E-state index contributed by atoms with van der Waals surface area (Å²) in [4.78, 5) is 2.48. The number of hydrogen-bond donors (Lipinski definition) is 0. The van der Waals surface area contributed by atoms with E-state index in [1.807, 2.05) is 6.08 Å². The van der Waals surface area contributed by atoms with Gasteiger partial charge in [0.1, 0.15) is 0 Å². The van der Waals surface area contributed by atoms with Crippen molar-refractivity contribution in [2.45, 2.75) is 19.3 Å². The molecule has 1 heterocycles. The fourth-order valence-electron chi connectivity index (χ4n) is 1.43. The lowest BCUT2D eigenvalue weighted by atomic mass is 10.1. The van der Waals surface area contributed by atoms with Crippen LogP contribution < -0.4 is 0 Å². The Bertz CT molecular complexity index is 117. The van der Waals surface area contributed by atoms with Gasteiger partial charge in [-0.15, -0.1) is 11.6 Å². The van der Waals surface area contributed by atoms with Gasteiger partial charge in [-0.1, -0.05) is 18.6 Å². The molecule has 64 valence electrons. The third-order valence-electron chi connectivity index (χ3n) is 2.07. The fourth-order valence-corrected chi connectivity index (χ4v) is 1.55. The molecule has 0 unspecified atom stereocenters. The molecular formula is C9H16ClN. The molecule has 1 aliphatic heterocycles. The van der Waals surface area contributed by atoms with Gasteiger partial charge in [-0.25, -0.2) is 0 Å². The Morgan fingerprint density at radius 3 is 2.45 bits per heavy atom. The number of likely N-dealkylation sites (tertiary alicyclic amines) is 1. The zero-order valence-electron chi connectivity index (χ0n) is 6.93. The summed E-state index contributed by atoms with van der Waals surface area (Å²) in [6, 6.07) is 0. The van der Waals surface area contributed by atoms with E-state index in [1.165, 1.54) is 32.4 Å². The first kappa shape index (κ1) is 9.08. The molecule has 0 N–H and O–H groups in total. The van der Waals surface area contributed by atoms with Crippen LogP contribution in [0.3, 0.4) is 0 Å². The number of piperidine rings is 1. The molecule has 1 aliphatic rings. The molecule has 0 spiro atoms. The smallest absolute Gasteiger partial charge is 0.0404 e. The van der Waals surface area contributed by atoms with Gasteiger partial charge >= 0.3 is 0 Å². The van der Waals surface area contributed by atoms with E-state index in [9.17, 15) is 0 Å². The highest BCUT2D eigenvalue weighted by molar-refractivity contribution is 6.18. The van der Waals surface area contributed by atoms with Gasteiger partial charge in [0, 0.05) is 12.4 Å². The maximum atomic E-state index is 5.51. The number of rotatable bonds is 3. The Labute approximate surface area is 74.0 Å². The summed E-state index contributed by atoms with van der Waals surface area (Å²) in [7, 11) is 0. The summed E-state index contributed by atoms with van der Waals surface area (Å²) in [5.41, 5.74) is 0. The lowest BCUT2D eigenvalue weighted by Gasteiger charge is -2.24. The van der Waals surface area contributed by atoms with E-state index in [1.54, 1.807) is 0 Å². The van der Waals surface area contributed by atoms with E-state index in [2.05, 4.69) is 11.0 Å². The van der Waals surface area contributed by atoms with Gasteiger partial charge in [-0.3, -0.25) is 4.90 Å². The standard InChI is InChI=1S/C9H16ClN/c10-6-2-5-9-11-7-3-1-4-8-11/h2,5H,1,3-4,6-9H2. The van der Waals surface area contributed by atoms with Crippen molar-refractivity contribution in [2.75, 3.05) is 25.5 Å². The highest BCUT2D eigenvalue weighted by atomic mass is 35.5. The highest BCUT2D eigenvalue weighted by Crippen LogP contribution is 2.07. The predicted octanol–water partition coefficient (Wildman–Crippen LogP) is 2.27. The second-order valence-corrected chi connectivity index (χ2v) is 3.30. The second kappa shape index (κ2) is 5.62. The molecule has 0 amide bonds. The Morgan fingerprint density at radius 2 is 1.82 bits per heavy atom. The molecule has 0 saturated carbocycles. The number of alkyl halides is 1. The predicted molar refractivity (Wildman–Crippen MR) is 50.2 cm³/mol. The highest BCUT2D eigenvalue weighted by Gasteiger charge is 2.06. The summed E-state index contributed by atoms with van der Waals surface area (Å²) in [5.74, 6) is 0.647.